The first-order valence-electron chi connectivity index (χ1n) is 8.48. The molecular formula is C17H18ClN5O4. The van der Waals surface area contributed by atoms with Crippen LogP contribution < -0.4 is 5.32 Å². The number of nitrogens with one attached hydrogen (secondary N) is 1. The van der Waals surface area contributed by atoms with E-state index in [-0.39, 0.29) is 17.3 Å². The molecule has 1 aromatic carbocycles. The number of nitrogens with zero attached hydrogens (tertiary/aromatic N) is 4. The molecule has 1 aromatic heterocycles. The molecule has 10 heteroatoms. The molecule has 0 saturated carbocycles. The van der Waals surface area contributed by atoms with Crippen molar-refractivity contribution in [2.24, 2.45) is 0 Å². The van der Waals surface area contributed by atoms with E-state index in [2.05, 4.69) is 15.4 Å². The van der Waals surface area contributed by atoms with Gasteiger partial charge in [0.1, 0.15) is 12.4 Å². The zero-order chi connectivity index (χ0) is 19.6. The number of benzene rings is 1. The summed E-state index contributed by atoms with van der Waals surface area (Å²) in [4.78, 5) is 27.7. The fourth-order valence-corrected chi connectivity index (χ4v) is 3.27. The molecule has 0 bridgehead atoms. The van der Waals surface area contributed by atoms with Gasteiger partial charge in [-0.25, -0.2) is 9.48 Å². The predicted octanol–water partition coefficient (Wildman–Crippen LogP) is 3.47. The first kappa shape index (κ1) is 18.8. The number of non-ortho nitro benzene ring substituents is 1. The lowest BCUT2D eigenvalue weighted by molar-refractivity contribution is -0.384. The number of halogens is 1. The number of rotatable bonds is 6. The van der Waals surface area contributed by atoms with Crippen molar-refractivity contribution in [3.05, 3.63) is 56.5 Å². The Morgan fingerprint density at radius 1 is 1.44 bits per heavy atom. The Morgan fingerprint density at radius 3 is 2.89 bits per heavy atom. The monoisotopic (exact) mass is 391 g/mol. The number of nitro groups is 1. The summed E-state index contributed by atoms with van der Waals surface area (Å²) >= 11 is 6.36. The number of esters is 1. The lowest BCUT2D eigenvalue weighted by atomic mass is 9.93. The minimum Gasteiger partial charge on any atom is -0.463 e. The van der Waals surface area contributed by atoms with Gasteiger partial charge in [0.05, 0.1) is 17.1 Å². The van der Waals surface area contributed by atoms with Crippen LogP contribution >= 0.6 is 11.6 Å². The molecule has 0 amide bonds. The highest BCUT2D eigenvalue weighted by Crippen LogP contribution is 2.40. The van der Waals surface area contributed by atoms with Gasteiger partial charge in [-0.05, 0) is 19.4 Å². The van der Waals surface area contributed by atoms with Crippen LogP contribution in [0.4, 0.5) is 11.6 Å². The zero-order valence-corrected chi connectivity index (χ0v) is 15.6. The molecule has 0 fully saturated rings. The number of anilines is 1. The van der Waals surface area contributed by atoms with Crippen LogP contribution in [-0.4, -0.2) is 32.3 Å². The summed E-state index contributed by atoms with van der Waals surface area (Å²) in [5, 5.41) is 18.8. The van der Waals surface area contributed by atoms with Gasteiger partial charge in [-0.1, -0.05) is 24.9 Å². The number of hydrogen-bond donors (Lipinski definition) is 1. The molecule has 3 rings (SSSR count). The van der Waals surface area contributed by atoms with Crippen molar-refractivity contribution in [2.45, 2.75) is 32.7 Å². The first-order valence-corrected chi connectivity index (χ1v) is 8.86. The molecule has 1 atom stereocenters. The summed E-state index contributed by atoms with van der Waals surface area (Å²) in [6.45, 7) is 3.89. The minimum absolute atomic E-state index is 0.130. The average Bonchev–Trinajstić information content (AvgIpc) is 3.09. The molecule has 27 heavy (non-hydrogen) atoms. The molecule has 2 heterocycles. The highest BCUT2D eigenvalue weighted by atomic mass is 35.5. The van der Waals surface area contributed by atoms with E-state index in [1.54, 1.807) is 6.92 Å². The standard InChI is InChI=1S/C17H18ClN5O4/c1-3-5-13-14(16(24)27-4-2)15(22-17(21-13)19-9-20-22)11-8-10(23(25)26)6-7-12(11)18/h6-9,15H,3-5H2,1-2H3,(H,19,20,21). The van der Waals surface area contributed by atoms with E-state index in [4.69, 9.17) is 16.3 Å². The number of fused-ring (bicyclic) bond motifs is 1. The summed E-state index contributed by atoms with van der Waals surface area (Å²) in [7, 11) is 0. The van der Waals surface area contributed by atoms with Gasteiger partial charge in [0.2, 0.25) is 5.95 Å². The molecule has 0 saturated heterocycles. The van der Waals surface area contributed by atoms with Crippen LogP contribution in [0.3, 0.4) is 0 Å². The van der Waals surface area contributed by atoms with Gasteiger partial charge in [-0.2, -0.15) is 10.1 Å². The van der Waals surface area contributed by atoms with E-state index in [9.17, 15) is 14.9 Å². The van der Waals surface area contributed by atoms with Crippen molar-refractivity contribution in [3.8, 4) is 0 Å². The SMILES string of the molecule is CCCC1=C(C(=O)OCC)C(c2cc([N+](=O)[O-])ccc2Cl)n2ncnc2N1. The number of carbonyl (C=O) groups excluding carboxylic acids is 1. The van der Waals surface area contributed by atoms with Gasteiger partial charge in [0.25, 0.3) is 5.69 Å². The van der Waals surface area contributed by atoms with Crippen LogP contribution in [0, 0.1) is 10.1 Å². The normalized spacial score (nSPS) is 15.9. The van der Waals surface area contributed by atoms with Crippen molar-refractivity contribution < 1.29 is 14.5 Å². The molecule has 0 radical (unpaired) electrons. The predicted molar refractivity (Wildman–Crippen MR) is 98.5 cm³/mol. The number of carbonyl (C=O) groups is 1. The number of hydrogen-bond acceptors (Lipinski definition) is 7. The molecule has 142 valence electrons. The molecule has 1 N–H and O–H groups in total. The van der Waals surface area contributed by atoms with Crippen LogP contribution in [0.25, 0.3) is 0 Å². The van der Waals surface area contributed by atoms with Crippen molar-refractivity contribution in [3.63, 3.8) is 0 Å². The lowest BCUT2D eigenvalue weighted by Crippen LogP contribution is -2.30. The Bertz CT molecular complexity index is 924. The average molecular weight is 392 g/mol. The maximum atomic E-state index is 12.8. The van der Waals surface area contributed by atoms with Crippen LogP contribution in [-0.2, 0) is 9.53 Å². The highest BCUT2D eigenvalue weighted by Gasteiger charge is 2.37. The first-order chi connectivity index (χ1) is 13.0. The Morgan fingerprint density at radius 2 is 2.22 bits per heavy atom. The summed E-state index contributed by atoms with van der Waals surface area (Å²) in [6.07, 6.45) is 2.69. The van der Waals surface area contributed by atoms with Crippen LogP contribution in [0.2, 0.25) is 5.02 Å². The van der Waals surface area contributed by atoms with Gasteiger partial charge in [-0.15, -0.1) is 0 Å². The molecule has 1 aliphatic rings. The zero-order valence-electron chi connectivity index (χ0n) is 14.8. The largest absolute Gasteiger partial charge is 0.463 e. The Hall–Kier alpha value is -2.94. The lowest BCUT2D eigenvalue weighted by Gasteiger charge is -2.29. The smallest absolute Gasteiger partial charge is 0.338 e. The summed E-state index contributed by atoms with van der Waals surface area (Å²) < 4.78 is 6.73. The second-order valence-corrected chi connectivity index (χ2v) is 6.29. The van der Waals surface area contributed by atoms with E-state index in [0.717, 1.165) is 6.42 Å². The van der Waals surface area contributed by atoms with Gasteiger partial charge < -0.3 is 10.1 Å². The summed E-state index contributed by atoms with van der Waals surface area (Å²) in [5.41, 5.74) is 1.22. The van der Waals surface area contributed by atoms with Gasteiger partial charge >= 0.3 is 5.97 Å². The molecule has 0 aliphatic carbocycles. The maximum Gasteiger partial charge on any atom is 0.338 e. The van der Waals surface area contributed by atoms with Crippen LogP contribution in [0.5, 0.6) is 0 Å². The van der Waals surface area contributed by atoms with Crippen molar-refractivity contribution in [2.75, 3.05) is 11.9 Å². The second-order valence-electron chi connectivity index (χ2n) is 5.88. The summed E-state index contributed by atoms with van der Waals surface area (Å²) in [5.74, 6) is -0.0961. The Labute approximate surface area is 160 Å². The molecular weight excluding hydrogens is 374 g/mol. The number of allylic oxidation sites excluding steroid dienone is 1. The Balaban J connectivity index is 2.24. The molecule has 9 nitrogen and oxygen atoms in total. The Kier molecular flexibility index (Phi) is 5.41. The number of ether oxygens (including phenoxy) is 1. The fraction of sp³-hybridized carbons (Fsp3) is 0.353. The van der Waals surface area contributed by atoms with Crippen LogP contribution in [0.15, 0.2) is 35.8 Å². The molecule has 2 aromatic rings. The molecule has 0 spiro atoms. The van der Waals surface area contributed by atoms with Crippen molar-refractivity contribution in [1.29, 1.82) is 0 Å². The number of nitro benzene ring substituents is 1. The molecule has 1 aliphatic heterocycles. The quantitative estimate of drug-likeness (QED) is 0.455. The molecule has 1 unspecified atom stereocenters. The minimum atomic E-state index is -0.781. The van der Waals surface area contributed by atoms with E-state index in [1.165, 1.54) is 29.2 Å². The van der Waals surface area contributed by atoms with E-state index in [0.29, 0.717) is 29.2 Å². The van der Waals surface area contributed by atoms with Crippen molar-refractivity contribution >= 4 is 29.2 Å². The highest BCUT2D eigenvalue weighted by molar-refractivity contribution is 6.31. The van der Waals surface area contributed by atoms with Gasteiger partial charge in [0, 0.05) is 28.4 Å². The van der Waals surface area contributed by atoms with E-state index >= 15 is 0 Å². The van der Waals surface area contributed by atoms with Crippen LogP contribution in [0.1, 0.15) is 38.3 Å². The third-order valence-electron chi connectivity index (χ3n) is 4.16. The fourth-order valence-electron chi connectivity index (χ4n) is 3.05. The third kappa shape index (κ3) is 3.50. The van der Waals surface area contributed by atoms with Gasteiger partial charge in [0.15, 0.2) is 0 Å². The van der Waals surface area contributed by atoms with Gasteiger partial charge in [-0.3, -0.25) is 10.1 Å². The maximum absolute atomic E-state index is 12.8. The van der Waals surface area contributed by atoms with E-state index in [1.807, 2.05) is 6.92 Å². The number of aromatic nitrogens is 3. The summed E-state index contributed by atoms with van der Waals surface area (Å²) in [6, 6.07) is 3.33. The topological polar surface area (TPSA) is 112 Å². The third-order valence-corrected chi connectivity index (χ3v) is 4.50. The van der Waals surface area contributed by atoms with Crippen molar-refractivity contribution in [1.82, 2.24) is 14.8 Å². The second kappa shape index (κ2) is 7.75. The van der Waals surface area contributed by atoms with E-state index < -0.39 is 16.9 Å².